The largest absolute Gasteiger partial charge is 0.477 e. The van der Waals surface area contributed by atoms with E-state index in [-0.39, 0.29) is 18.3 Å². The van der Waals surface area contributed by atoms with Crippen LogP contribution < -0.4 is 11.1 Å². The highest BCUT2D eigenvalue weighted by molar-refractivity contribution is 5.91. The summed E-state index contributed by atoms with van der Waals surface area (Å²) >= 11 is 0. The van der Waals surface area contributed by atoms with E-state index in [4.69, 9.17) is 10.8 Å². The lowest BCUT2D eigenvalue weighted by Gasteiger charge is -2.21. The van der Waals surface area contributed by atoms with Crippen molar-refractivity contribution in [2.45, 2.75) is 13.3 Å². The van der Waals surface area contributed by atoms with Crippen LogP contribution in [0.1, 0.15) is 23.8 Å². The van der Waals surface area contributed by atoms with Crippen LogP contribution in [0.4, 0.5) is 10.5 Å². The third-order valence-electron chi connectivity index (χ3n) is 3.59. The molecule has 0 aromatic carbocycles. The first kappa shape index (κ1) is 14.8. The Labute approximate surface area is 120 Å². The lowest BCUT2D eigenvalue weighted by molar-refractivity contribution is -0.126. The number of carboxylic acids is 1. The van der Waals surface area contributed by atoms with E-state index in [1.165, 1.54) is 23.2 Å². The average Bonchev–Trinajstić information content (AvgIpc) is 2.83. The lowest BCUT2D eigenvalue weighted by atomic mass is 9.89. The second-order valence-electron chi connectivity index (χ2n) is 5.26. The number of anilines is 1. The van der Waals surface area contributed by atoms with Gasteiger partial charge in [0.05, 0.1) is 17.3 Å². The number of urea groups is 1. The Kier molecular flexibility index (Phi) is 3.79. The minimum Gasteiger partial charge on any atom is -0.477 e. The van der Waals surface area contributed by atoms with Gasteiger partial charge in [-0.05, 0) is 25.5 Å². The molecular formula is C13H16N4O4. The number of carbonyl (C=O) groups excluding carboxylic acids is 2. The van der Waals surface area contributed by atoms with Crippen LogP contribution in [0.15, 0.2) is 18.3 Å². The number of nitrogens with one attached hydrogen (secondary N) is 1. The number of carboxylic acid groups (broad SMARTS) is 1. The van der Waals surface area contributed by atoms with Gasteiger partial charge < -0.3 is 21.1 Å². The first-order chi connectivity index (χ1) is 9.82. The van der Waals surface area contributed by atoms with E-state index in [0.717, 1.165) is 0 Å². The quantitative estimate of drug-likeness (QED) is 0.748. The molecule has 1 aromatic rings. The fourth-order valence-corrected chi connectivity index (χ4v) is 2.13. The highest BCUT2D eigenvalue weighted by Crippen LogP contribution is 2.29. The van der Waals surface area contributed by atoms with Crippen molar-refractivity contribution in [3.05, 3.63) is 24.0 Å². The van der Waals surface area contributed by atoms with E-state index in [1.54, 1.807) is 6.92 Å². The van der Waals surface area contributed by atoms with Gasteiger partial charge in [-0.3, -0.25) is 4.79 Å². The van der Waals surface area contributed by atoms with Gasteiger partial charge >= 0.3 is 12.0 Å². The van der Waals surface area contributed by atoms with E-state index in [2.05, 4.69) is 10.3 Å². The van der Waals surface area contributed by atoms with Crippen molar-refractivity contribution in [1.82, 2.24) is 9.88 Å². The van der Waals surface area contributed by atoms with Crippen molar-refractivity contribution in [1.29, 1.82) is 0 Å². The van der Waals surface area contributed by atoms with Gasteiger partial charge in [0.15, 0.2) is 0 Å². The molecule has 0 saturated carbocycles. The molecule has 2 rings (SSSR count). The van der Waals surface area contributed by atoms with E-state index < -0.39 is 17.3 Å². The molecule has 21 heavy (non-hydrogen) atoms. The molecule has 1 atom stereocenters. The minimum atomic E-state index is -1.13. The predicted molar refractivity (Wildman–Crippen MR) is 73.7 cm³/mol. The number of nitrogens with zero attached hydrogens (tertiary/aromatic N) is 2. The van der Waals surface area contributed by atoms with E-state index in [1.807, 2.05) is 0 Å². The second kappa shape index (κ2) is 5.39. The van der Waals surface area contributed by atoms with Crippen molar-refractivity contribution >= 4 is 23.6 Å². The summed E-state index contributed by atoms with van der Waals surface area (Å²) in [6, 6.07) is 2.39. The summed E-state index contributed by atoms with van der Waals surface area (Å²) in [6.45, 7) is 2.42. The van der Waals surface area contributed by atoms with E-state index in [0.29, 0.717) is 18.7 Å². The van der Waals surface area contributed by atoms with Gasteiger partial charge in [-0.2, -0.15) is 0 Å². The Balaban J connectivity index is 1.99. The van der Waals surface area contributed by atoms with Crippen LogP contribution in [0, 0.1) is 5.41 Å². The van der Waals surface area contributed by atoms with Gasteiger partial charge in [0.2, 0.25) is 5.91 Å². The Morgan fingerprint density at radius 2 is 2.14 bits per heavy atom. The second-order valence-corrected chi connectivity index (χ2v) is 5.26. The van der Waals surface area contributed by atoms with Crippen LogP contribution in [0.2, 0.25) is 0 Å². The molecule has 0 spiro atoms. The molecule has 4 N–H and O–H groups in total. The maximum Gasteiger partial charge on any atom is 0.354 e. The number of likely N-dealkylation sites (tertiary alicyclic amines) is 1. The maximum absolute atomic E-state index is 12.1. The summed E-state index contributed by atoms with van der Waals surface area (Å²) in [5.74, 6) is -1.56. The van der Waals surface area contributed by atoms with Gasteiger partial charge in [-0.15, -0.1) is 0 Å². The first-order valence-electron chi connectivity index (χ1n) is 6.37. The number of hydrogen-bond donors (Lipinski definition) is 3. The third-order valence-corrected chi connectivity index (χ3v) is 3.59. The summed E-state index contributed by atoms with van der Waals surface area (Å²) in [4.78, 5) is 39.3. The number of rotatable bonds is 3. The Morgan fingerprint density at radius 1 is 1.43 bits per heavy atom. The molecule has 1 aliphatic rings. The number of hydrogen-bond acceptors (Lipinski definition) is 4. The lowest BCUT2D eigenvalue weighted by Crippen LogP contribution is -2.40. The van der Waals surface area contributed by atoms with Gasteiger partial charge in [0, 0.05) is 13.1 Å². The minimum absolute atomic E-state index is 0.101. The average molecular weight is 292 g/mol. The van der Waals surface area contributed by atoms with Crippen LogP contribution in [0.5, 0.6) is 0 Å². The maximum atomic E-state index is 12.1. The molecule has 1 aliphatic heterocycles. The van der Waals surface area contributed by atoms with Gasteiger partial charge in [-0.25, -0.2) is 14.6 Å². The first-order valence-corrected chi connectivity index (χ1v) is 6.37. The number of primary amides is 1. The molecule has 1 saturated heterocycles. The summed E-state index contributed by atoms with van der Waals surface area (Å²) in [7, 11) is 0. The fourth-order valence-electron chi connectivity index (χ4n) is 2.13. The highest BCUT2D eigenvalue weighted by Gasteiger charge is 2.40. The standard InChI is InChI=1S/C13H16N4O4/c1-13(11(14)20)4-5-17(7-13)12(21)16-8-2-3-9(10(18)19)15-6-8/h2-3,6H,4-5,7H2,1H3,(H2,14,20)(H,16,21)(H,18,19). The number of aromatic nitrogens is 1. The van der Waals surface area contributed by atoms with Gasteiger partial charge in [-0.1, -0.05) is 0 Å². The van der Waals surface area contributed by atoms with Crippen LogP contribution in [-0.4, -0.2) is 46.0 Å². The smallest absolute Gasteiger partial charge is 0.354 e. The fraction of sp³-hybridized carbons (Fsp3) is 0.385. The summed E-state index contributed by atoms with van der Waals surface area (Å²) < 4.78 is 0. The van der Waals surface area contributed by atoms with Gasteiger partial charge in [0.1, 0.15) is 5.69 Å². The predicted octanol–water partition coefficient (Wildman–Crippen LogP) is 0.509. The molecule has 0 bridgehead atoms. The van der Waals surface area contributed by atoms with Crippen molar-refractivity contribution < 1.29 is 19.5 Å². The molecule has 1 unspecified atom stereocenters. The van der Waals surface area contributed by atoms with Crippen LogP contribution in [0.25, 0.3) is 0 Å². The Hall–Kier alpha value is -2.64. The highest BCUT2D eigenvalue weighted by atomic mass is 16.4. The molecule has 1 aromatic heterocycles. The molecule has 0 radical (unpaired) electrons. The molecular weight excluding hydrogens is 276 g/mol. The molecule has 3 amide bonds. The molecule has 8 heteroatoms. The van der Waals surface area contributed by atoms with Gasteiger partial charge in [0.25, 0.3) is 0 Å². The zero-order chi connectivity index (χ0) is 15.6. The van der Waals surface area contributed by atoms with Crippen LogP contribution in [0.3, 0.4) is 0 Å². The molecule has 2 heterocycles. The number of pyridine rings is 1. The van der Waals surface area contributed by atoms with E-state index in [9.17, 15) is 14.4 Å². The normalized spacial score (nSPS) is 21.1. The Bertz CT molecular complexity index is 586. The summed E-state index contributed by atoms with van der Waals surface area (Å²) in [5.41, 5.74) is 4.91. The Morgan fingerprint density at radius 3 is 2.62 bits per heavy atom. The van der Waals surface area contributed by atoms with Crippen molar-refractivity contribution in [2.24, 2.45) is 11.1 Å². The summed E-state index contributed by atoms with van der Waals surface area (Å²) in [5, 5.41) is 11.3. The van der Waals surface area contributed by atoms with E-state index >= 15 is 0 Å². The molecule has 8 nitrogen and oxygen atoms in total. The zero-order valence-electron chi connectivity index (χ0n) is 11.5. The topological polar surface area (TPSA) is 126 Å². The van der Waals surface area contributed by atoms with Crippen molar-refractivity contribution in [3.8, 4) is 0 Å². The van der Waals surface area contributed by atoms with Crippen LogP contribution >= 0.6 is 0 Å². The number of aromatic carboxylic acids is 1. The van der Waals surface area contributed by atoms with Crippen molar-refractivity contribution in [3.63, 3.8) is 0 Å². The SMILES string of the molecule is CC1(C(N)=O)CCN(C(=O)Nc2ccc(C(=O)O)nc2)C1. The summed E-state index contributed by atoms with van der Waals surface area (Å²) in [6.07, 6.45) is 1.79. The number of nitrogens with two attached hydrogens (primary N) is 1. The van der Waals surface area contributed by atoms with Crippen molar-refractivity contribution in [2.75, 3.05) is 18.4 Å². The third kappa shape index (κ3) is 3.10. The molecule has 112 valence electrons. The molecule has 0 aliphatic carbocycles. The molecule has 1 fully saturated rings. The number of carbonyl (C=O) groups is 3. The zero-order valence-corrected chi connectivity index (χ0v) is 11.5. The monoisotopic (exact) mass is 292 g/mol. The number of amides is 3. The van der Waals surface area contributed by atoms with Crippen LogP contribution in [-0.2, 0) is 4.79 Å².